The Morgan fingerprint density at radius 1 is 1.47 bits per heavy atom. The number of ether oxygens (including phenoxy) is 1. The highest BCUT2D eigenvalue weighted by Gasteiger charge is 2.24. The van der Waals surface area contributed by atoms with Gasteiger partial charge >= 0.3 is 5.76 Å². The van der Waals surface area contributed by atoms with E-state index < -0.39 is 5.76 Å². The molecule has 6 nitrogen and oxygen atoms in total. The number of nitrogens with one attached hydrogen (secondary N) is 2. The highest BCUT2D eigenvalue weighted by atomic mass is 16.5. The molecule has 1 aliphatic rings. The quantitative estimate of drug-likeness (QED) is 0.733. The fraction of sp³-hybridized carbons (Fsp3) is 0.462. The van der Waals surface area contributed by atoms with E-state index in [4.69, 9.17) is 14.9 Å². The zero-order valence-corrected chi connectivity index (χ0v) is 10.7. The monoisotopic (exact) mass is 263 g/mol. The number of oxazole rings is 1. The predicted octanol–water partition coefficient (Wildman–Crippen LogP) is 1.68. The van der Waals surface area contributed by atoms with Crippen LogP contribution in [0.15, 0.2) is 21.3 Å². The minimum absolute atomic E-state index is 0.316. The number of methoxy groups -OCH3 is 1. The number of anilines is 2. The molecule has 1 aliphatic carbocycles. The molecule has 1 heterocycles. The summed E-state index contributed by atoms with van der Waals surface area (Å²) in [6.07, 6.45) is 3.39. The number of hydrogen-bond donors (Lipinski definition) is 3. The lowest BCUT2D eigenvalue weighted by molar-refractivity contribution is 0.108. The Hall–Kier alpha value is -1.95. The summed E-state index contributed by atoms with van der Waals surface area (Å²) in [5, 5.41) is 3.41. The Bertz CT molecular complexity index is 646. The summed E-state index contributed by atoms with van der Waals surface area (Å²) in [4.78, 5) is 13.8. The summed E-state index contributed by atoms with van der Waals surface area (Å²) >= 11 is 0. The minimum atomic E-state index is -0.466. The predicted molar refractivity (Wildman–Crippen MR) is 73.3 cm³/mol. The molecule has 0 saturated heterocycles. The Labute approximate surface area is 109 Å². The standard InChI is InChI=1S/C13H17N3O3/c1-18-8-3-2-7(4-8)15-10-6-11-12(5-9(10)14)19-13(17)16-11/h5-8,15H,2-4,14H2,1H3,(H,16,17). The summed E-state index contributed by atoms with van der Waals surface area (Å²) in [6, 6.07) is 3.83. The lowest BCUT2D eigenvalue weighted by Crippen LogP contribution is -2.18. The molecule has 0 radical (unpaired) electrons. The van der Waals surface area contributed by atoms with E-state index in [2.05, 4.69) is 10.3 Å². The first-order valence-corrected chi connectivity index (χ1v) is 6.37. The van der Waals surface area contributed by atoms with E-state index in [1.165, 1.54) is 0 Å². The Morgan fingerprint density at radius 2 is 2.32 bits per heavy atom. The fourth-order valence-corrected chi connectivity index (χ4v) is 2.64. The number of fused-ring (bicyclic) bond motifs is 1. The van der Waals surface area contributed by atoms with E-state index in [1.807, 2.05) is 6.07 Å². The van der Waals surface area contributed by atoms with Crippen molar-refractivity contribution < 1.29 is 9.15 Å². The van der Waals surface area contributed by atoms with E-state index in [9.17, 15) is 4.79 Å². The number of hydrogen-bond acceptors (Lipinski definition) is 5. The van der Waals surface area contributed by atoms with Crippen LogP contribution in [-0.4, -0.2) is 24.2 Å². The van der Waals surface area contributed by atoms with Gasteiger partial charge in [-0.15, -0.1) is 0 Å². The molecule has 2 unspecified atom stereocenters. The Balaban J connectivity index is 1.84. The van der Waals surface area contributed by atoms with Gasteiger partial charge in [-0.1, -0.05) is 0 Å². The molecule has 0 bridgehead atoms. The molecule has 2 atom stereocenters. The van der Waals surface area contributed by atoms with E-state index in [0.717, 1.165) is 24.9 Å². The first-order valence-electron chi connectivity index (χ1n) is 6.37. The van der Waals surface area contributed by atoms with Crippen molar-refractivity contribution in [3.63, 3.8) is 0 Å². The van der Waals surface area contributed by atoms with Crippen LogP contribution >= 0.6 is 0 Å². The highest BCUT2D eigenvalue weighted by molar-refractivity contribution is 5.85. The van der Waals surface area contributed by atoms with Crippen LogP contribution in [0, 0.1) is 0 Å². The molecule has 0 spiro atoms. The third-order valence-electron chi connectivity index (χ3n) is 3.67. The zero-order chi connectivity index (χ0) is 13.4. The molecule has 2 aromatic rings. The topological polar surface area (TPSA) is 93.3 Å². The van der Waals surface area contributed by atoms with Gasteiger partial charge in [-0.3, -0.25) is 4.98 Å². The second-order valence-corrected chi connectivity index (χ2v) is 4.96. The molecule has 1 saturated carbocycles. The van der Waals surface area contributed by atoms with Gasteiger partial charge in [0.15, 0.2) is 5.58 Å². The van der Waals surface area contributed by atoms with Gasteiger partial charge in [-0.2, -0.15) is 0 Å². The van der Waals surface area contributed by atoms with E-state index >= 15 is 0 Å². The van der Waals surface area contributed by atoms with Crippen LogP contribution in [0.5, 0.6) is 0 Å². The number of H-pyrrole nitrogens is 1. The van der Waals surface area contributed by atoms with Gasteiger partial charge in [-0.25, -0.2) is 4.79 Å². The molecular formula is C13H17N3O3. The van der Waals surface area contributed by atoms with Crippen LogP contribution in [0.25, 0.3) is 11.1 Å². The Kier molecular flexibility index (Phi) is 2.94. The average molecular weight is 263 g/mol. The summed E-state index contributed by atoms with van der Waals surface area (Å²) < 4.78 is 10.3. The van der Waals surface area contributed by atoms with Gasteiger partial charge in [0.05, 0.1) is 23.0 Å². The van der Waals surface area contributed by atoms with Crippen molar-refractivity contribution in [2.24, 2.45) is 0 Å². The number of aromatic amines is 1. The van der Waals surface area contributed by atoms with E-state index in [1.54, 1.807) is 13.2 Å². The lowest BCUT2D eigenvalue weighted by atomic mass is 10.2. The summed E-state index contributed by atoms with van der Waals surface area (Å²) in [7, 11) is 1.74. The van der Waals surface area contributed by atoms with E-state index in [0.29, 0.717) is 28.9 Å². The summed E-state index contributed by atoms with van der Waals surface area (Å²) in [5.74, 6) is -0.466. The maximum atomic E-state index is 11.1. The number of nitrogens with two attached hydrogens (primary N) is 1. The molecule has 1 aromatic heterocycles. The number of rotatable bonds is 3. The van der Waals surface area contributed by atoms with Crippen LogP contribution in [-0.2, 0) is 4.74 Å². The maximum Gasteiger partial charge on any atom is 0.417 e. The average Bonchev–Trinajstić information content (AvgIpc) is 2.95. The molecule has 1 fully saturated rings. The molecule has 19 heavy (non-hydrogen) atoms. The SMILES string of the molecule is COC1CCC(Nc2cc3[nH]c(=O)oc3cc2N)C1. The smallest absolute Gasteiger partial charge is 0.408 e. The van der Waals surface area contributed by atoms with Crippen LogP contribution in [0.1, 0.15) is 19.3 Å². The molecule has 0 aliphatic heterocycles. The lowest BCUT2D eigenvalue weighted by Gasteiger charge is -2.16. The van der Waals surface area contributed by atoms with Crippen molar-refractivity contribution in [2.75, 3.05) is 18.2 Å². The van der Waals surface area contributed by atoms with Crippen LogP contribution < -0.4 is 16.8 Å². The molecule has 1 aromatic carbocycles. The minimum Gasteiger partial charge on any atom is -0.408 e. The Morgan fingerprint density at radius 3 is 3.05 bits per heavy atom. The molecule has 4 N–H and O–H groups in total. The fourth-order valence-electron chi connectivity index (χ4n) is 2.64. The van der Waals surface area contributed by atoms with Crippen molar-refractivity contribution in [3.8, 4) is 0 Å². The molecular weight excluding hydrogens is 246 g/mol. The zero-order valence-electron chi connectivity index (χ0n) is 10.7. The van der Waals surface area contributed by atoms with Crippen LogP contribution in [0.2, 0.25) is 0 Å². The van der Waals surface area contributed by atoms with Crippen molar-refractivity contribution >= 4 is 22.5 Å². The maximum absolute atomic E-state index is 11.1. The van der Waals surface area contributed by atoms with Gasteiger partial charge in [0.25, 0.3) is 0 Å². The van der Waals surface area contributed by atoms with Gasteiger partial charge in [0, 0.05) is 19.2 Å². The largest absolute Gasteiger partial charge is 0.417 e. The number of aromatic nitrogens is 1. The number of benzene rings is 1. The van der Waals surface area contributed by atoms with Gasteiger partial charge in [0.2, 0.25) is 0 Å². The summed E-state index contributed by atoms with van der Waals surface area (Å²) in [6.45, 7) is 0. The van der Waals surface area contributed by atoms with Crippen molar-refractivity contribution in [1.82, 2.24) is 4.98 Å². The second-order valence-electron chi connectivity index (χ2n) is 4.96. The molecule has 3 rings (SSSR count). The van der Waals surface area contributed by atoms with Crippen molar-refractivity contribution in [1.29, 1.82) is 0 Å². The second kappa shape index (κ2) is 4.62. The molecule has 102 valence electrons. The normalized spacial score (nSPS) is 23.0. The van der Waals surface area contributed by atoms with Gasteiger partial charge in [0.1, 0.15) is 0 Å². The molecule has 0 amide bonds. The summed E-state index contributed by atoms with van der Waals surface area (Å²) in [5.41, 5.74) is 8.51. The van der Waals surface area contributed by atoms with Crippen LogP contribution in [0.4, 0.5) is 11.4 Å². The third-order valence-corrected chi connectivity index (χ3v) is 3.67. The third kappa shape index (κ3) is 2.31. The van der Waals surface area contributed by atoms with Crippen LogP contribution in [0.3, 0.4) is 0 Å². The van der Waals surface area contributed by atoms with Gasteiger partial charge in [-0.05, 0) is 25.3 Å². The molecule has 6 heteroatoms. The van der Waals surface area contributed by atoms with Crippen molar-refractivity contribution in [2.45, 2.75) is 31.4 Å². The van der Waals surface area contributed by atoms with E-state index in [-0.39, 0.29) is 0 Å². The van der Waals surface area contributed by atoms with Crippen molar-refractivity contribution in [3.05, 3.63) is 22.7 Å². The number of nitrogen functional groups attached to an aromatic ring is 1. The highest BCUT2D eigenvalue weighted by Crippen LogP contribution is 2.29. The first-order chi connectivity index (χ1) is 9.15. The van der Waals surface area contributed by atoms with Gasteiger partial charge < -0.3 is 20.2 Å². The first kappa shape index (κ1) is 12.1.